The maximum atomic E-state index is 12.8. The van der Waals surface area contributed by atoms with E-state index < -0.39 is 5.97 Å². The fourth-order valence-electron chi connectivity index (χ4n) is 3.74. The number of carbonyl (C=O) groups is 2. The predicted molar refractivity (Wildman–Crippen MR) is 130 cm³/mol. The van der Waals surface area contributed by atoms with E-state index in [1.165, 1.54) is 0 Å². The summed E-state index contributed by atoms with van der Waals surface area (Å²) in [7, 11) is 0. The Hall–Kier alpha value is -4.50. The molecular formula is C28H23N3O3. The number of aromatic carboxylic acids is 1. The molecule has 1 N–H and O–H groups in total. The van der Waals surface area contributed by atoms with Gasteiger partial charge in [-0.2, -0.15) is 0 Å². The minimum Gasteiger partial charge on any atom is -0.478 e. The molecule has 0 radical (unpaired) electrons. The monoisotopic (exact) mass is 449 g/mol. The zero-order valence-electron chi connectivity index (χ0n) is 18.5. The number of terminal acetylenes is 1. The predicted octanol–water partition coefficient (Wildman–Crippen LogP) is 4.68. The molecule has 0 amide bonds. The number of Topliss-reactive ketones (excluding diaryl/α,β-unsaturated/α-hetero) is 1. The SMILES string of the molecule is C#CCCn1nc(C(=O)Cc2ccccc2)nc1Cc1ccc(-c2ccccc2C(=O)O)cc1. The molecule has 6 nitrogen and oxygen atoms in total. The number of nitrogens with zero attached hydrogens (tertiary/aromatic N) is 3. The van der Waals surface area contributed by atoms with Crippen LogP contribution in [0.1, 0.15) is 44.3 Å². The highest BCUT2D eigenvalue weighted by molar-refractivity contribution is 5.96. The number of benzene rings is 3. The quantitative estimate of drug-likeness (QED) is 0.296. The Morgan fingerprint density at radius 2 is 1.62 bits per heavy atom. The van der Waals surface area contributed by atoms with Crippen molar-refractivity contribution in [1.82, 2.24) is 14.8 Å². The average Bonchev–Trinajstić information content (AvgIpc) is 3.26. The van der Waals surface area contributed by atoms with Gasteiger partial charge >= 0.3 is 5.97 Å². The molecule has 0 unspecified atom stereocenters. The lowest BCUT2D eigenvalue weighted by atomic mass is 9.98. The van der Waals surface area contributed by atoms with Crippen LogP contribution in [0, 0.1) is 12.3 Å². The van der Waals surface area contributed by atoms with Gasteiger partial charge in [0.1, 0.15) is 5.82 Å². The molecule has 168 valence electrons. The van der Waals surface area contributed by atoms with Gasteiger partial charge in [0.15, 0.2) is 0 Å². The zero-order chi connectivity index (χ0) is 23.9. The number of aryl methyl sites for hydroxylation is 1. The van der Waals surface area contributed by atoms with Crippen LogP contribution in [0.3, 0.4) is 0 Å². The highest BCUT2D eigenvalue weighted by Gasteiger charge is 2.17. The lowest BCUT2D eigenvalue weighted by molar-refractivity contribution is 0.0697. The van der Waals surface area contributed by atoms with Crippen LogP contribution in [-0.2, 0) is 19.4 Å². The minimum absolute atomic E-state index is 0.146. The largest absolute Gasteiger partial charge is 0.478 e. The molecule has 0 spiro atoms. The van der Waals surface area contributed by atoms with E-state index in [0.717, 1.165) is 16.7 Å². The molecule has 0 saturated heterocycles. The van der Waals surface area contributed by atoms with Crippen molar-refractivity contribution in [3.05, 3.63) is 107 Å². The lowest BCUT2D eigenvalue weighted by Crippen LogP contribution is -2.08. The Labute approximate surface area is 197 Å². The molecule has 0 bridgehead atoms. The van der Waals surface area contributed by atoms with E-state index in [1.807, 2.05) is 60.7 Å². The Morgan fingerprint density at radius 1 is 0.912 bits per heavy atom. The summed E-state index contributed by atoms with van der Waals surface area (Å²) in [5.41, 5.74) is 3.60. The van der Waals surface area contributed by atoms with Crippen LogP contribution >= 0.6 is 0 Å². The molecule has 0 aliphatic rings. The number of carboxylic acid groups (broad SMARTS) is 1. The summed E-state index contributed by atoms with van der Waals surface area (Å²) in [6.07, 6.45) is 6.62. The van der Waals surface area contributed by atoms with E-state index in [1.54, 1.807) is 22.9 Å². The number of hydrogen-bond donors (Lipinski definition) is 1. The summed E-state index contributed by atoms with van der Waals surface area (Å²) in [6.45, 7) is 0.474. The molecule has 1 aromatic heterocycles. The fourth-order valence-corrected chi connectivity index (χ4v) is 3.74. The van der Waals surface area contributed by atoms with E-state index >= 15 is 0 Å². The van der Waals surface area contributed by atoms with Gasteiger partial charge in [0.25, 0.3) is 0 Å². The fraction of sp³-hybridized carbons (Fsp3) is 0.143. The lowest BCUT2D eigenvalue weighted by Gasteiger charge is -2.08. The summed E-state index contributed by atoms with van der Waals surface area (Å²) >= 11 is 0. The van der Waals surface area contributed by atoms with E-state index in [-0.39, 0.29) is 23.6 Å². The van der Waals surface area contributed by atoms with Crippen LogP contribution in [0.4, 0.5) is 0 Å². The molecule has 0 aliphatic heterocycles. The number of carbonyl (C=O) groups excluding carboxylic acids is 1. The second kappa shape index (κ2) is 10.4. The first-order chi connectivity index (χ1) is 16.5. The summed E-state index contributed by atoms with van der Waals surface area (Å²) in [5, 5.41) is 13.9. The molecule has 1 heterocycles. The van der Waals surface area contributed by atoms with Gasteiger partial charge in [-0.15, -0.1) is 17.4 Å². The second-order valence-electron chi connectivity index (χ2n) is 7.84. The third-order valence-electron chi connectivity index (χ3n) is 5.46. The first-order valence-electron chi connectivity index (χ1n) is 10.9. The van der Waals surface area contributed by atoms with E-state index in [9.17, 15) is 14.7 Å². The van der Waals surface area contributed by atoms with Crippen LogP contribution < -0.4 is 0 Å². The van der Waals surface area contributed by atoms with Crippen molar-refractivity contribution in [2.45, 2.75) is 25.8 Å². The molecule has 0 saturated carbocycles. The highest BCUT2D eigenvalue weighted by atomic mass is 16.4. The molecule has 0 aliphatic carbocycles. The van der Waals surface area contributed by atoms with Crippen molar-refractivity contribution in [2.24, 2.45) is 0 Å². The van der Waals surface area contributed by atoms with E-state index in [2.05, 4.69) is 16.0 Å². The third kappa shape index (κ3) is 5.28. The van der Waals surface area contributed by atoms with Crippen LogP contribution in [0.5, 0.6) is 0 Å². The van der Waals surface area contributed by atoms with Crippen molar-refractivity contribution < 1.29 is 14.7 Å². The van der Waals surface area contributed by atoms with Gasteiger partial charge in [-0.3, -0.25) is 4.79 Å². The summed E-state index contributed by atoms with van der Waals surface area (Å²) in [4.78, 5) is 28.8. The Morgan fingerprint density at radius 3 is 2.32 bits per heavy atom. The number of hydrogen-bond acceptors (Lipinski definition) is 4. The minimum atomic E-state index is -0.964. The third-order valence-corrected chi connectivity index (χ3v) is 5.46. The van der Waals surface area contributed by atoms with Crippen LogP contribution in [-0.4, -0.2) is 31.6 Å². The van der Waals surface area contributed by atoms with Crippen LogP contribution in [0.25, 0.3) is 11.1 Å². The molecular weight excluding hydrogens is 426 g/mol. The number of carboxylic acids is 1. The van der Waals surface area contributed by atoms with Crippen LogP contribution in [0.2, 0.25) is 0 Å². The van der Waals surface area contributed by atoms with Gasteiger partial charge in [0, 0.05) is 19.3 Å². The van der Waals surface area contributed by atoms with Crippen molar-refractivity contribution in [2.75, 3.05) is 0 Å². The van der Waals surface area contributed by atoms with Crippen molar-refractivity contribution in [3.8, 4) is 23.5 Å². The van der Waals surface area contributed by atoms with Crippen molar-refractivity contribution in [1.29, 1.82) is 0 Å². The van der Waals surface area contributed by atoms with Crippen molar-refractivity contribution in [3.63, 3.8) is 0 Å². The Kier molecular flexibility index (Phi) is 6.95. The number of aromatic nitrogens is 3. The number of ketones is 1. The maximum Gasteiger partial charge on any atom is 0.336 e. The summed E-state index contributed by atoms with van der Waals surface area (Å²) < 4.78 is 1.70. The highest BCUT2D eigenvalue weighted by Crippen LogP contribution is 2.24. The topological polar surface area (TPSA) is 85.1 Å². The molecule has 3 aromatic carbocycles. The molecule has 0 fully saturated rings. The van der Waals surface area contributed by atoms with Crippen LogP contribution in [0.15, 0.2) is 78.9 Å². The number of rotatable bonds is 9. The van der Waals surface area contributed by atoms with Gasteiger partial charge in [-0.1, -0.05) is 72.8 Å². The average molecular weight is 450 g/mol. The first-order valence-corrected chi connectivity index (χ1v) is 10.9. The van der Waals surface area contributed by atoms with Gasteiger partial charge in [0.2, 0.25) is 11.6 Å². The summed E-state index contributed by atoms with van der Waals surface area (Å²) in [6, 6.07) is 24.0. The normalized spacial score (nSPS) is 10.6. The van der Waals surface area contributed by atoms with Gasteiger partial charge < -0.3 is 5.11 Å². The maximum absolute atomic E-state index is 12.8. The molecule has 4 aromatic rings. The van der Waals surface area contributed by atoms with Gasteiger partial charge in [-0.25, -0.2) is 14.5 Å². The van der Waals surface area contributed by atoms with Gasteiger partial charge in [0.05, 0.1) is 12.1 Å². The summed E-state index contributed by atoms with van der Waals surface area (Å²) in [5.74, 6) is 2.34. The first kappa shape index (κ1) is 22.7. The smallest absolute Gasteiger partial charge is 0.336 e. The second-order valence-corrected chi connectivity index (χ2v) is 7.84. The molecule has 34 heavy (non-hydrogen) atoms. The molecule has 6 heteroatoms. The molecule has 4 rings (SSSR count). The molecule has 0 atom stereocenters. The standard InChI is InChI=1S/C28H23N3O3/c1-2-3-17-31-26(29-27(30-31)25(32)18-20-9-5-4-6-10-20)19-21-13-15-22(16-14-21)23-11-7-8-12-24(23)28(33)34/h1,4-16H,3,17-19H2,(H,33,34). The zero-order valence-corrected chi connectivity index (χ0v) is 18.5. The van der Waals surface area contributed by atoms with E-state index in [0.29, 0.717) is 30.8 Å². The van der Waals surface area contributed by atoms with Crippen molar-refractivity contribution >= 4 is 11.8 Å². The Bertz CT molecular complexity index is 1350. The Balaban J connectivity index is 1.56. The van der Waals surface area contributed by atoms with E-state index in [4.69, 9.17) is 6.42 Å². The van der Waals surface area contributed by atoms with Gasteiger partial charge in [-0.05, 0) is 28.3 Å².